The summed E-state index contributed by atoms with van der Waals surface area (Å²) in [5.74, 6) is 0.981. The van der Waals surface area contributed by atoms with Gasteiger partial charge in [0, 0.05) is 6.54 Å². The summed E-state index contributed by atoms with van der Waals surface area (Å²) in [7, 11) is 0. The molecule has 2 unspecified atom stereocenters. The first-order valence-electron chi connectivity index (χ1n) is 4.81. The number of aliphatic hydroxyl groups excluding tert-OH is 2. The summed E-state index contributed by atoms with van der Waals surface area (Å²) in [4.78, 5) is 0. The Morgan fingerprint density at radius 2 is 1.92 bits per heavy atom. The van der Waals surface area contributed by atoms with Crippen molar-refractivity contribution in [2.75, 3.05) is 26.2 Å². The first-order chi connectivity index (χ1) is 6.11. The second-order valence-electron chi connectivity index (χ2n) is 3.73. The van der Waals surface area contributed by atoms with Gasteiger partial charge in [-0.1, -0.05) is 13.8 Å². The van der Waals surface area contributed by atoms with Crippen molar-refractivity contribution in [1.29, 1.82) is 0 Å². The number of hydrogen-bond donors (Lipinski definition) is 4. The molecule has 0 aromatic rings. The molecular formula is C9H22N2O2. The molecule has 0 radical (unpaired) electrons. The maximum Gasteiger partial charge on any atom is 0.0894 e. The molecule has 0 aromatic carbocycles. The van der Waals surface area contributed by atoms with E-state index >= 15 is 0 Å². The van der Waals surface area contributed by atoms with Gasteiger partial charge in [-0.3, -0.25) is 0 Å². The van der Waals surface area contributed by atoms with Crippen LogP contribution >= 0.6 is 0 Å². The normalized spacial score (nSPS) is 16.2. The molecule has 0 aliphatic carbocycles. The van der Waals surface area contributed by atoms with Crippen LogP contribution in [0.1, 0.15) is 13.8 Å². The molecule has 4 nitrogen and oxygen atoms in total. The molecule has 80 valence electrons. The Morgan fingerprint density at radius 3 is 2.31 bits per heavy atom. The minimum absolute atomic E-state index is 0.192. The Hall–Kier alpha value is -0.160. The monoisotopic (exact) mass is 190 g/mol. The fourth-order valence-corrected chi connectivity index (χ4v) is 1.09. The predicted octanol–water partition coefficient (Wildman–Crippen LogP) is -0.840. The zero-order valence-electron chi connectivity index (χ0n) is 8.53. The number of rotatable bonds is 7. The SMILES string of the molecule is CC(C)C(CN)CNCC(O)CO. The zero-order chi connectivity index (χ0) is 10.3. The Labute approximate surface area is 80.1 Å². The lowest BCUT2D eigenvalue weighted by atomic mass is 9.96. The number of nitrogens with one attached hydrogen (secondary N) is 1. The van der Waals surface area contributed by atoms with Gasteiger partial charge in [0.1, 0.15) is 0 Å². The fourth-order valence-electron chi connectivity index (χ4n) is 1.09. The van der Waals surface area contributed by atoms with Gasteiger partial charge in [-0.2, -0.15) is 0 Å². The number of nitrogens with two attached hydrogens (primary N) is 1. The molecule has 0 amide bonds. The van der Waals surface area contributed by atoms with E-state index in [0.717, 1.165) is 6.54 Å². The average Bonchev–Trinajstić information content (AvgIpc) is 2.11. The van der Waals surface area contributed by atoms with Crippen LogP contribution < -0.4 is 11.1 Å². The third-order valence-corrected chi connectivity index (χ3v) is 2.24. The molecule has 0 fully saturated rings. The van der Waals surface area contributed by atoms with Crippen LogP contribution in [0.5, 0.6) is 0 Å². The van der Waals surface area contributed by atoms with Crippen LogP contribution in [0, 0.1) is 11.8 Å². The highest BCUT2D eigenvalue weighted by atomic mass is 16.3. The van der Waals surface area contributed by atoms with E-state index in [1.165, 1.54) is 0 Å². The molecule has 5 N–H and O–H groups in total. The van der Waals surface area contributed by atoms with E-state index in [0.29, 0.717) is 24.9 Å². The van der Waals surface area contributed by atoms with Crippen LogP contribution in [0.2, 0.25) is 0 Å². The van der Waals surface area contributed by atoms with Crippen LogP contribution in [-0.4, -0.2) is 42.6 Å². The number of hydrogen-bond acceptors (Lipinski definition) is 4. The fraction of sp³-hybridized carbons (Fsp3) is 1.00. The summed E-state index contributed by atoms with van der Waals surface area (Å²) in [5, 5.41) is 20.7. The summed E-state index contributed by atoms with van der Waals surface area (Å²) in [6.45, 7) is 5.94. The van der Waals surface area contributed by atoms with Gasteiger partial charge in [0.15, 0.2) is 0 Å². The summed E-state index contributed by atoms with van der Waals surface area (Å²) < 4.78 is 0. The lowest BCUT2D eigenvalue weighted by molar-refractivity contribution is 0.0931. The summed E-state index contributed by atoms with van der Waals surface area (Å²) >= 11 is 0. The first-order valence-corrected chi connectivity index (χ1v) is 4.81. The Bertz CT molecular complexity index is 120. The van der Waals surface area contributed by atoms with Gasteiger partial charge in [-0.15, -0.1) is 0 Å². The number of aliphatic hydroxyl groups is 2. The van der Waals surface area contributed by atoms with Gasteiger partial charge in [0.25, 0.3) is 0 Å². The largest absolute Gasteiger partial charge is 0.394 e. The lowest BCUT2D eigenvalue weighted by Gasteiger charge is -2.20. The van der Waals surface area contributed by atoms with Crippen molar-refractivity contribution in [3.8, 4) is 0 Å². The predicted molar refractivity (Wildman–Crippen MR) is 53.3 cm³/mol. The maximum absolute atomic E-state index is 9.04. The van der Waals surface area contributed by atoms with Crippen molar-refractivity contribution in [2.45, 2.75) is 20.0 Å². The third-order valence-electron chi connectivity index (χ3n) is 2.24. The van der Waals surface area contributed by atoms with E-state index in [4.69, 9.17) is 15.9 Å². The highest BCUT2D eigenvalue weighted by Crippen LogP contribution is 2.06. The molecule has 0 aliphatic rings. The molecule has 13 heavy (non-hydrogen) atoms. The first kappa shape index (κ1) is 12.8. The second-order valence-corrected chi connectivity index (χ2v) is 3.73. The van der Waals surface area contributed by atoms with Crippen molar-refractivity contribution in [3.63, 3.8) is 0 Å². The molecule has 0 aromatic heterocycles. The molecular weight excluding hydrogens is 168 g/mol. The zero-order valence-corrected chi connectivity index (χ0v) is 8.53. The van der Waals surface area contributed by atoms with Crippen molar-refractivity contribution >= 4 is 0 Å². The minimum Gasteiger partial charge on any atom is -0.394 e. The van der Waals surface area contributed by atoms with Crippen LogP contribution in [0.25, 0.3) is 0 Å². The van der Waals surface area contributed by atoms with Crippen LogP contribution in [0.15, 0.2) is 0 Å². The lowest BCUT2D eigenvalue weighted by Crippen LogP contribution is -2.36. The van der Waals surface area contributed by atoms with Crippen LogP contribution in [0.4, 0.5) is 0 Å². The highest BCUT2D eigenvalue weighted by Gasteiger charge is 2.11. The van der Waals surface area contributed by atoms with Crippen molar-refractivity contribution in [3.05, 3.63) is 0 Å². The van der Waals surface area contributed by atoms with Crippen LogP contribution in [-0.2, 0) is 0 Å². The molecule has 2 atom stereocenters. The van der Waals surface area contributed by atoms with Gasteiger partial charge >= 0.3 is 0 Å². The van der Waals surface area contributed by atoms with E-state index in [2.05, 4.69) is 19.2 Å². The quantitative estimate of drug-likeness (QED) is 0.422. The molecule has 0 heterocycles. The summed E-state index contributed by atoms with van der Waals surface area (Å²) in [6, 6.07) is 0. The molecule has 0 saturated carbocycles. The molecule has 0 saturated heterocycles. The smallest absolute Gasteiger partial charge is 0.0894 e. The average molecular weight is 190 g/mol. The summed E-state index contributed by atoms with van der Waals surface area (Å²) in [5.41, 5.74) is 5.57. The maximum atomic E-state index is 9.04. The van der Waals surface area contributed by atoms with E-state index in [1.54, 1.807) is 0 Å². The molecule has 0 spiro atoms. The Balaban J connectivity index is 3.49. The van der Waals surface area contributed by atoms with E-state index < -0.39 is 6.10 Å². The van der Waals surface area contributed by atoms with Crippen molar-refractivity contribution < 1.29 is 10.2 Å². The van der Waals surface area contributed by atoms with Crippen molar-refractivity contribution in [1.82, 2.24) is 5.32 Å². The van der Waals surface area contributed by atoms with Crippen LogP contribution in [0.3, 0.4) is 0 Å². The Morgan fingerprint density at radius 1 is 1.31 bits per heavy atom. The molecule has 4 heteroatoms. The minimum atomic E-state index is -0.661. The van der Waals surface area contributed by atoms with Gasteiger partial charge in [-0.05, 0) is 24.9 Å². The second kappa shape index (κ2) is 7.26. The van der Waals surface area contributed by atoms with Gasteiger partial charge in [0.05, 0.1) is 12.7 Å². The molecule has 0 aliphatic heterocycles. The topological polar surface area (TPSA) is 78.5 Å². The molecule has 0 rings (SSSR count). The van der Waals surface area contributed by atoms with E-state index in [-0.39, 0.29) is 6.61 Å². The Kier molecular flexibility index (Phi) is 7.17. The van der Waals surface area contributed by atoms with E-state index in [1.807, 2.05) is 0 Å². The van der Waals surface area contributed by atoms with E-state index in [9.17, 15) is 0 Å². The summed E-state index contributed by atoms with van der Waals surface area (Å²) in [6.07, 6.45) is -0.661. The van der Waals surface area contributed by atoms with Gasteiger partial charge in [0.2, 0.25) is 0 Å². The highest BCUT2D eigenvalue weighted by molar-refractivity contribution is 4.68. The standard InChI is InChI=1S/C9H22N2O2/c1-7(2)8(3-10)4-11-5-9(13)6-12/h7-9,11-13H,3-6,10H2,1-2H3. The van der Waals surface area contributed by atoms with Gasteiger partial charge < -0.3 is 21.3 Å². The van der Waals surface area contributed by atoms with Gasteiger partial charge in [-0.25, -0.2) is 0 Å². The third kappa shape index (κ3) is 5.99. The van der Waals surface area contributed by atoms with Crippen molar-refractivity contribution in [2.24, 2.45) is 17.6 Å². The molecule has 0 bridgehead atoms.